The summed E-state index contributed by atoms with van der Waals surface area (Å²) in [6.07, 6.45) is 5.48. The number of carbonyl (C=O) groups is 1. The van der Waals surface area contributed by atoms with Gasteiger partial charge in [-0.3, -0.25) is 9.69 Å². The molecule has 29 heavy (non-hydrogen) atoms. The second kappa shape index (κ2) is 8.49. The van der Waals surface area contributed by atoms with Crippen molar-refractivity contribution in [2.24, 2.45) is 0 Å². The van der Waals surface area contributed by atoms with Crippen LogP contribution in [0.2, 0.25) is 0 Å². The molecular formula is C22H16BrN3OS2. The van der Waals surface area contributed by atoms with Crippen molar-refractivity contribution in [3.05, 3.63) is 88.4 Å². The average molecular weight is 482 g/mol. The molecule has 7 heteroatoms. The molecule has 4 rings (SSSR count). The molecule has 144 valence electrons. The molecule has 0 atom stereocenters. The second-order valence-corrected chi connectivity index (χ2v) is 8.89. The number of amides is 1. The Kier molecular flexibility index (Phi) is 5.80. The Bertz CT molecular complexity index is 1120. The third kappa shape index (κ3) is 4.12. The first kappa shape index (κ1) is 19.8. The lowest BCUT2D eigenvalue weighted by atomic mass is 10.1. The number of aromatic nitrogens is 2. The highest BCUT2D eigenvalue weighted by Crippen LogP contribution is 2.35. The van der Waals surface area contributed by atoms with Crippen LogP contribution in [0.5, 0.6) is 0 Å². The van der Waals surface area contributed by atoms with E-state index in [4.69, 9.17) is 17.3 Å². The fourth-order valence-electron chi connectivity index (χ4n) is 2.97. The summed E-state index contributed by atoms with van der Waals surface area (Å²) in [6, 6.07) is 17.8. The number of nitrogens with zero attached hydrogens (tertiary/aromatic N) is 3. The zero-order valence-electron chi connectivity index (χ0n) is 15.3. The quantitative estimate of drug-likeness (QED) is 0.266. The summed E-state index contributed by atoms with van der Waals surface area (Å²) in [5, 5.41) is 4.80. The van der Waals surface area contributed by atoms with Crippen LogP contribution in [0.3, 0.4) is 0 Å². The highest BCUT2D eigenvalue weighted by molar-refractivity contribution is 9.10. The van der Waals surface area contributed by atoms with Gasteiger partial charge in [-0.1, -0.05) is 76.3 Å². The van der Waals surface area contributed by atoms with Gasteiger partial charge in [0.1, 0.15) is 4.32 Å². The third-order valence-corrected chi connectivity index (χ3v) is 6.26. The third-order valence-electron chi connectivity index (χ3n) is 4.35. The molecule has 2 heterocycles. The summed E-state index contributed by atoms with van der Waals surface area (Å²) in [6.45, 7) is 4.11. The van der Waals surface area contributed by atoms with Gasteiger partial charge in [-0.2, -0.15) is 5.10 Å². The van der Waals surface area contributed by atoms with Gasteiger partial charge in [-0.25, -0.2) is 4.68 Å². The molecule has 0 aliphatic carbocycles. The van der Waals surface area contributed by atoms with Gasteiger partial charge in [0.05, 0.1) is 16.3 Å². The highest BCUT2D eigenvalue weighted by atomic mass is 79.9. The predicted octanol–water partition coefficient (Wildman–Crippen LogP) is 5.69. The van der Waals surface area contributed by atoms with Crippen molar-refractivity contribution in [2.45, 2.75) is 0 Å². The second-order valence-electron chi connectivity index (χ2n) is 6.30. The Morgan fingerprint density at radius 2 is 1.86 bits per heavy atom. The van der Waals surface area contributed by atoms with Crippen LogP contribution < -0.4 is 0 Å². The highest BCUT2D eigenvalue weighted by Gasteiger charge is 2.31. The number of thioether (sulfide) groups is 1. The molecule has 1 aliphatic rings. The minimum atomic E-state index is -0.103. The number of carbonyl (C=O) groups excluding carboxylic acids is 1. The lowest BCUT2D eigenvalue weighted by Crippen LogP contribution is -2.27. The summed E-state index contributed by atoms with van der Waals surface area (Å²) in [7, 11) is 0. The zero-order valence-corrected chi connectivity index (χ0v) is 18.5. The summed E-state index contributed by atoms with van der Waals surface area (Å²) < 4.78 is 3.37. The van der Waals surface area contributed by atoms with Crippen LogP contribution in [0.25, 0.3) is 23.0 Å². The van der Waals surface area contributed by atoms with Gasteiger partial charge < -0.3 is 0 Å². The maximum atomic E-state index is 12.7. The molecule has 1 fully saturated rings. The minimum Gasteiger partial charge on any atom is -0.289 e. The summed E-state index contributed by atoms with van der Waals surface area (Å²) >= 11 is 10.1. The van der Waals surface area contributed by atoms with Crippen LogP contribution in [0.15, 0.2) is 82.8 Å². The lowest BCUT2D eigenvalue weighted by molar-refractivity contribution is -0.121. The van der Waals surface area contributed by atoms with Crippen LogP contribution >= 0.6 is 39.9 Å². The number of para-hydroxylation sites is 1. The van der Waals surface area contributed by atoms with Gasteiger partial charge in [0, 0.05) is 28.3 Å². The topological polar surface area (TPSA) is 38.1 Å². The van der Waals surface area contributed by atoms with Crippen molar-refractivity contribution in [1.29, 1.82) is 0 Å². The predicted molar refractivity (Wildman–Crippen MR) is 127 cm³/mol. The fraction of sp³-hybridized carbons (Fsp3) is 0.0455. The van der Waals surface area contributed by atoms with Crippen LogP contribution in [0.4, 0.5) is 0 Å². The van der Waals surface area contributed by atoms with Crippen molar-refractivity contribution in [1.82, 2.24) is 14.7 Å². The van der Waals surface area contributed by atoms with Crippen LogP contribution in [-0.2, 0) is 4.79 Å². The number of thiocarbonyl (C=S) groups is 1. The van der Waals surface area contributed by atoms with Crippen molar-refractivity contribution in [3.63, 3.8) is 0 Å². The fourth-order valence-corrected chi connectivity index (χ4v) is 4.50. The van der Waals surface area contributed by atoms with Gasteiger partial charge in [0.25, 0.3) is 5.91 Å². The number of benzene rings is 2. The molecule has 0 spiro atoms. The summed E-state index contributed by atoms with van der Waals surface area (Å²) in [5.41, 5.74) is 3.58. The van der Waals surface area contributed by atoms with Gasteiger partial charge in [0.15, 0.2) is 0 Å². The van der Waals surface area contributed by atoms with E-state index in [-0.39, 0.29) is 5.91 Å². The van der Waals surface area contributed by atoms with Crippen molar-refractivity contribution >= 4 is 56.2 Å². The normalized spacial score (nSPS) is 15.3. The molecule has 0 saturated carbocycles. The van der Waals surface area contributed by atoms with Crippen molar-refractivity contribution < 1.29 is 4.79 Å². The molecule has 2 aromatic carbocycles. The zero-order chi connectivity index (χ0) is 20.4. The molecule has 0 bridgehead atoms. The first-order chi connectivity index (χ1) is 14.1. The smallest absolute Gasteiger partial charge is 0.266 e. The van der Waals surface area contributed by atoms with Crippen LogP contribution in [0.1, 0.15) is 5.56 Å². The van der Waals surface area contributed by atoms with E-state index in [1.54, 1.807) is 11.0 Å². The molecule has 1 aromatic heterocycles. The van der Waals surface area contributed by atoms with Crippen LogP contribution in [0, 0.1) is 0 Å². The first-order valence-electron chi connectivity index (χ1n) is 8.84. The lowest BCUT2D eigenvalue weighted by Gasteiger charge is -2.10. The Morgan fingerprint density at radius 3 is 2.55 bits per heavy atom. The van der Waals surface area contributed by atoms with Gasteiger partial charge in [-0.05, 0) is 30.3 Å². The number of hydrogen-bond donors (Lipinski definition) is 0. The van der Waals surface area contributed by atoms with Gasteiger partial charge in [0.2, 0.25) is 0 Å². The number of rotatable bonds is 5. The monoisotopic (exact) mass is 481 g/mol. The molecule has 0 N–H and O–H groups in total. The molecule has 0 radical (unpaired) electrons. The van der Waals surface area contributed by atoms with E-state index in [9.17, 15) is 4.79 Å². The summed E-state index contributed by atoms with van der Waals surface area (Å²) in [5.74, 6) is -0.103. The Hall–Kier alpha value is -2.48. The van der Waals surface area contributed by atoms with Gasteiger partial charge >= 0.3 is 0 Å². The van der Waals surface area contributed by atoms with E-state index in [0.717, 1.165) is 27.0 Å². The summed E-state index contributed by atoms with van der Waals surface area (Å²) in [4.78, 5) is 14.9. The van der Waals surface area contributed by atoms with Gasteiger partial charge in [-0.15, -0.1) is 6.58 Å². The minimum absolute atomic E-state index is 0.103. The number of hydrogen-bond acceptors (Lipinski definition) is 4. The molecule has 1 aliphatic heterocycles. The number of halogens is 1. The standard InChI is InChI=1S/C22H16BrN3OS2/c1-2-12-25-21(27)19(29-22(25)28)13-16-14-26(18-6-4-3-5-7-18)24-20(16)15-8-10-17(23)11-9-15/h2-11,13-14H,1,12H2. The largest absolute Gasteiger partial charge is 0.289 e. The van der Waals surface area contributed by atoms with Crippen molar-refractivity contribution in [3.8, 4) is 16.9 Å². The van der Waals surface area contributed by atoms with E-state index >= 15 is 0 Å². The molecular weight excluding hydrogens is 466 g/mol. The van der Waals surface area contributed by atoms with E-state index in [0.29, 0.717) is 15.8 Å². The Morgan fingerprint density at radius 1 is 1.14 bits per heavy atom. The SMILES string of the molecule is C=CCN1C(=O)C(=Cc2cn(-c3ccccc3)nc2-c2ccc(Br)cc2)SC1=S. The maximum absolute atomic E-state index is 12.7. The Balaban J connectivity index is 1.80. The van der Waals surface area contributed by atoms with E-state index in [2.05, 4.69) is 22.5 Å². The van der Waals surface area contributed by atoms with Crippen molar-refractivity contribution in [2.75, 3.05) is 6.54 Å². The van der Waals surface area contributed by atoms with E-state index in [1.165, 1.54) is 11.8 Å². The Labute approximate surface area is 187 Å². The maximum Gasteiger partial charge on any atom is 0.266 e. The molecule has 1 amide bonds. The van der Waals surface area contributed by atoms with E-state index < -0.39 is 0 Å². The molecule has 1 saturated heterocycles. The average Bonchev–Trinajstić information content (AvgIpc) is 3.26. The van der Waals surface area contributed by atoms with E-state index in [1.807, 2.05) is 71.6 Å². The molecule has 3 aromatic rings. The molecule has 0 unspecified atom stereocenters. The first-order valence-corrected chi connectivity index (χ1v) is 10.9. The molecule has 4 nitrogen and oxygen atoms in total. The van der Waals surface area contributed by atoms with Crippen LogP contribution in [-0.4, -0.2) is 31.5 Å².